The molecule has 0 fully saturated rings. The lowest BCUT2D eigenvalue weighted by molar-refractivity contribution is 0.691. The molecule has 4 rings (SSSR count). The molecule has 0 saturated carbocycles. The van der Waals surface area contributed by atoms with Crippen LogP contribution in [0.5, 0.6) is 0 Å². The summed E-state index contributed by atoms with van der Waals surface area (Å²) in [7, 11) is 0. The van der Waals surface area contributed by atoms with Crippen LogP contribution in [-0.2, 0) is 0 Å². The number of benzene rings is 2. The molecule has 0 radical (unpaired) electrons. The van der Waals surface area contributed by atoms with Crippen LogP contribution in [0.4, 0.5) is 0 Å². The van der Waals surface area contributed by atoms with E-state index < -0.39 is 6.17 Å². The molecule has 0 saturated heterocycles. The fourth-order valence-electron chi connectivity index (χ4n) is 2.99. The molecule has 5 heteroatoms. The summed E-state index contributed by atoms with van der Waals surface area (Å²) in [5.41, 5.74) is 11.5. The number of aliphatic imine (C=N–C) groups is 1. The number of fused-ring (bicyclic) bond motifs is 3. The van der Waals surface area contributed by atoms with Crippen molar-refractivity contribution in [3.63, 3.8) is 0 Å². The Morgan fingerprint density at radius 2 is 1.78 bits per heavy atom. The third-order valence-electron chi connectivity index (χ3n) is 4.08. The summed E-state index contributed by atoms with van der Waals surface area (Å²) in [5, 5.41) is 8.40. The van der Waals surface area contributed by atoms with Gasteiger partial charge in [0.05, 0.1) is 11.4 Å². The molecule has 2 N–H and O–H groups in total. The Morgan fingerprint density at radius 1 is 1.00 bits per heavy atom. The molecule has 5 nitrogen and oxygen atoms in total. The second-order valence-corrected chi connectivity index (χ2v) is 5.75. The molecule has 1 aliphatic rings. The van der Waals surface area contributed by atoms with E-state index in [0.29, 0.717) is 5.82 Å². The Bertz CT molecular complexity index is 908. The van der Waals surface area contributed by atoms with Gasteiger partial charge in [-0.3, -0.25) is 9.56 Å². The van der Waals surface area contributed by atoms with Crippen LogP contribution in [0.1, 0.15) is 34.5 Å². The van der Waals surface area contributed by atoms with E-state index in [1.807, 2.05) is 29.7 Å². The van der Waals surface area contributed by atoms with E-state index in [2.05, 4.69) is 47.5 Å². The normalized spacial score (nSPS) is 16.3. The predicted octanol–water partition coefficient (Wildman–Crippen LogP) is 2.69. The molecular formula is C18H17N5. The van der Waals surface area contributed by atoms with Crippen molar-refractivity contribution in [3.8, 4) is 5.69 Å². The van der Waals surface area contributed by atoms with E-state index in [1.54, 1.807) is 0 Å². The quantitative estimate of drug-likeness (QED) is 0.751. The molecule has 0 amide bonds. The Balaban J connectivity index is 2.06. The first-order valence-electron chi connectivity index (χ1n) is 7.57. The monoisotopic (exact) mass is 303 g/mol. The standard InChI is InChI=1S/C18H17N5/c1-11-8-9-15-14(10-11)16(13-6-4-3-5-7-13)20-17(19)18-22-21-12(2)23(15)18/h3-10,17H,19H2,1-2H3. The van der Waals surface area contributed by atoms with Crippen molar-refractivity contribution in [1.29, 1.82) is 0 Å². The molecule has 0 bridgehead atoms. The van der Waals surface area contributed by atoms with Crippen LogP contribution >= 0.6 is 0 Å². The molecule has 114 valence electrons. The van der Waals surface area contributed by atoms with Crippen LogP contribution in [-0.4, -0.2) is 20.5 Å². The minimum absolute atomic E-state index is 0.542. The predicted molar refractivity (Wildman–Crippen MR) is 89.8 cm³/mol. The molecule has 0 spiro atoms. The second-order valence-electron chi connectivity index (χ2n) is 5.75. The third-order valence-corrected chi connectivity index (χ3v) is 4.08. The lowest BCUT2D eigenvalue weighted by atomic mass is 9.98. The summed E-state index contributed by atoms with van der Waals surface area (Å²) in [6.45, 7) is 4.01. The lowest BCUT2D eigenvalue weighted by Gasteiger charge is -2.13. The van der Waals surface area contributed by atoms with Crippen molar-refractivity contribution < 1.29 is 0 Å². The SMILES string of the molecule is Cc1ccc2c(c1)C(c1ccccc1)=NC(N)c1nnc(C)n1-2. The minimum atomic E-state index is -0.542. The van der Waals surface area contributed by atoms with Gasteiger partial charge in [-0.1, -0.05) is 42.0 Å². The molecule has 1 aromatic heterocycles. The smallest absolute Gasteiger partial charge is 0.177 e. The average molecular weight is 303 g/mol. The summed E-state index contributed by atoms with van der Waals surface area (Å²) in [5.74, 6) is 1.48. The van der Waals surface area contributed by atoms with Gasteiger partial charge >= 0.3 is 0 Å². The number of aryl methyl sites for hydroxylation is 2. The number of rotatable bonds is 1. The first-order valence-corrected chi connectivity index (χ1v) is 7.57. The number of hydrogen-bond acceptors (Lipinski definition) is 4. The Morgan fingerprint density at radius 3 is 2.57 bits per heavy atom. The highest BCUT2D eigenvalue weighted by Crippen LogP contribution is 2.29. The highest BCUT2D eigenvalue weighted by molar-refractivity contribution is 6.15. The van der Waals surface area contributed by atoms with Gasteiger partial charge in [0.2, 0.25) is 0 Å². The fraction of sp³-hybridized carbons (Fsp3) is 0.167. The molecule has 2 aromatic carbocycles. The molecule has 1 atom stereocenters. The molecule has 3 aromatic rings. The topological polar surface area (TPSA) is 69.1 Å². The van der Waals surface area contributed by atoms with Gasteiger partial charge in [-0.2, -0.15) is 0 Å². The van der Waals surface area contributed by atoms with E-state index in [0.717, 1.165) is 28.4 Å². The first-order chi connectivity index (χ1) is 11.1. The van der Waals surface area contributed by atoms with Crippen LogP contribution in [0, 0.1) is 13.8 Å². The van der Waals surface area contributed by atoms with E-state index in [4.69, 9.17) is 10.7 Å². The Hall–Kier alpha value is -2.79. The third kappa shape index (κ3) is 2.17. The summed E-state index contributed by atoms with van der Waals surface area (Å²) in [4.78, 5) is 4.75. The average Bonchev–Trinajstić information content (AvgIpc) is 2.89. The molecule has 23 heavy (non-hydrogen) atoms. The maximum Gasteiger partial charge on any atom is 0.177 e. The maximum atomic E-state index is 6.29. The first kappa shape index (κ1) is 13.8. The number of nitrogens with zero attached hydrogens (tertiary/aromatic N) is 4. The molecule has 1 aliphatic heterocycles. The molecule has 0 aliphatic carbocycles. The fourth-order valence-corrected chi connectivity index (χ4v) is 2.99. The van der Waals surface area contributed by atoms with Crippen molar-refractivity contribution >= 4 is 5.71 Å². The largest absolute Gasteiger partial charge is 0.303 e. The Kier molecular flexibility index (Phi) is 3.09. The zero-order valence-corrected chi connectivity index (χ0v) is 13.1. The van der Waals surface area contributed by atoms with Crippen LogP contribution in [0.25, 0.3) is 5.69 Å². The van der Waals surface area contributed by atoms with Crippen molar-refractivity contribution in [1.82, 2.24) is 14.8 Å². The van der Waals surface area contributed by atoms with E-state index in [1.165, 1.54) is 5.56 Å². The second kappa shape index (κ2) is 5.14. The Labute approximate surface area is 134 Å². The van der Waals surface area contributed by atoms with E-state index in [9.17, 15) is 0 Å². The van der Waals surface area contributed by atoms with E-state index >= 15 is 0 Å². The van der Waals surface area contributed by atoms with Gasteiger partial charge in [-0.15, -0.1) is 10.2 Å². The van der Waals surface area contributed by atoms with Crippen molar-refractivity contribution in [2.45, 2.75) is 20.0 Å². The number of nitrogens with two attached hydrogens (primary N) is 1. The highest BCUT2D eigenvalue weighted by Gasteiger charge is 2.25. The molecule has 1 unspecified atom stereocenters. The summed E-state index contributed by atoms with van der Waals surface area (Å²) in [6, 6.07) is 16.4. The lowest BCUT2D eigenvalue weighted by Crippen LogP contribution is -2.13. The van der Waals surface area contributed by atoms with Crippen LogP contribution in [0.3, 0.4) is 0 Å². The summed E-state index contributed by atoms with van der Waals surface area (Å²) >= 11 is 0. The van der Waals surface area contributed by atoms with Gasteiger partial charge < -0.3 is 5.73 Å². The van der Waals surface area contributed by atoms with Gasteiger partial charge in [0.25, 0.3) is 0 Å². The van der Waals surface area contributed by atoms with Crippen LogP contribution in [0.2, 0.25) is 0 Å². The van der Waals surface area contributed by atoms with Gasteiger partial charge in [0.15, 0.2) is 12.0 Å². The molecule has 2 heterocycles. The zero-order chi connectivity index (χ0) is 16.0. The minimum Gasteiger partial charge on any atom is -0.303 e. The van der Waals surface area contributed by atoms with Crippen molar-refractivity contribution in [3.05, 3.63) is 76.9 Å². The van der Waals surface area contributed by atoms with Crippen molar-refractivity contribution in [2.24, 2.45) is 10.7 Å². The highest BCUT2D eigenvalue weighted by atomic mass is 15.3. The maximum absolute atomic E-state index is 6.29. The van der Waals surface area contributed by atoms with Gasteiger partial charge in [-0.25, -0.2) is 0 Å². The van der Waals surface area contributed by atoms with Crippen molar-refractivity contribution in [2.75, 3.05) is 0 Å². The number of hydrogen-bond donors (Lipinski definition) is 1. The number of aromatic nitrogens is 3. The van der Waals surface area contributed by atoms with Crippen LogP contribution < -0.4 is 5.73 Å². The van der Waals surface area contributed by atoms with Gasteiger partial charge in [0.1, 0.15) is 5.82 Å². The summed E-state index contributed by atoms with van der Waals surface area (Å²) in [6.07, 6.45) is -0.542. The van der Waals surface area contributed by atoms with Crippen LogP contribution in [0.15, 0.2) is 53.5 Å². The zero-order valence-electron chi connectivity index (χ0n) is 13.1. The van der Waals surface area contributed by atoms with Gasteiger partial charge in [-0.05, 0) is 26.0 Å². The van der Waals surface area contributed by atoms with E-state index in [-0.39, 0.29) is 0 Å². The summed E-state index contributed by atoms with van der Waals surface area (Å²) < 4.78 is 2.00. The van der Waals surface area contributed by atoms with Gasteiger partial charge in [0, 0.05) is 11.1 Å². The molecular weight excluding hydrogens is 286 g/mol.